The fourth-order valence-electron chi connectivity index (χ4n) is 1.97. The van der Waals surface area contributed by atoms with E-state index in [1.165, 1.54) is 6.07 Å². The fraction of sp³-hybridized carbons (Fsp3) is 0.143. The van der Waals surface area contributed by atoms with E-state index in [2.05, 4.69) is 0 Å². The molecule has 1 aromatic heterocycles. The number of hydrogen-bond donors (Lipinski definition) is 2. The van der Waals surface area contributed by atoms with Gasteiger partial charge in [-0.2, -0.15) is 0 Å². The van der Waals surface area contributed by atoms with E-state index >= 15 is 0 Å². The molecule has 0 fully saturated rings. The highest BCUT2D eigenvalue weighted by atomic mass is 35.5. The van der Waals surface area contributed by atoms with Crippen LogP contribution < -0.4 is 11.2 Å². The van der Waals surface area contributed by atoms with Gasteiger partial charge in [0.25, 0.3) is 5.91 Å². The number of amides is 1. The largest absolute Gasteiger partial charge is 0.365 e. The molecule has 0 spiro atoms. The fourth-order valence-corrected chi connectivity index (χ4v) is 2.18. The number of benzene rings is 1. The van der Waals surface area contributed by atoms with Crippen molar-refractivity contribution in [3.05, 3.63) is 64.2 Å². The third-order valence-corrected chi connectivity index (χ3v) is 3.23. The number of pyridine rings is 1. The zero-order valence-corrected chi connectivity index (χ0v) is 11.2. The van der Waals surface area contributed by atoms with Crippen LogP contribution in [-0.4, -0.2) is 10.5 Å². The molecule has 1 aromatic carbocycles. The first-order valence-corrected chi connectivity index (χ1v) is 6.19. The van der Waals surface area contributed by atoms with Crippen LogP contribution in [0.5, 0.6) is 0 Å². The van der Waals surface area contributed by atoms with Crippen molar-refractivity contribution in [2.75, 3.05) is 0 Å². The number of nitrogens with two attached hydrogens (primary N) is 1. The number of nitrogens with zero attached hydrogens (tertiary/aromatic N) is 1. The topological polar surface area (TPSA) is 71.9 Å². The van der Waals surface area contributed by atoms with Gasteiger partial charge in [0.2, 0.25) is 0 Å². The highest BCUT2D eigenvalue weighted by Gasteiger charge is 2.13. The average Bonchev–Trinajstić information content (AvgIpc) is 2.41. The van der Waals surface area contributed by atoms with Gasteiger partial charge in [0.15, 0.2) is 0 Å². The number of hydrogen-bond acceptors (Lipinski definition) is 2. The molecular formula is C14H14ClN3O. The van der Waals surface area contributed by atoms with Crippen LogP contribution in [0.2, 0.25) is 5.02 Å². The van der Waals surface area contributed by atoms with E-state index in [0.29, 0.717) is 5.02 Å². The average molecular weight is 276 g/mol. The van der Waals surface area contributed by atoms with E-state index < -0.39 is 5.91 Å². The summed E-state index contributed by atoms with van der Waals surface area (Å²) in [5, 5.41) is 8.44. The molecule has 2 aromatic rings. The van der Waals surface area contributed by atoms with Gasteiger partial charge in [-0.1, -0.05) is 41.9 Å². The minimum atomic E-state index is -0.651. The quantitative estimate of drug-likeness (QED) is 0.887. The van der Waals surface area contributed by atoms with Crippen LogP contribution in [0.4, 0.5) is 0 Å². The van der Waals surface area contributed by atoms with E-state index in [4.69, 9.17) is 22.7 Å². The zero-order chi connectivity index (χ0) is 14.0. The van der Waals surface area contributed by atoms with Crippen molar-refractivity contribution in [1.82, 2.24) is 4.57 Å². The van der Waals surface area contributed by atoms with Crippen molar-refractivity contribution in [2.45, 2.75) is 13.0 Å². The monoisotopic (exact) mass is 275 g/mol. The van der Waals surface area contributed by atoms with E-state index in [-0.39, 0.29) is 17.1 Å². The second kappa shape index (κ2) is 5.28. The highest BCUT2D eigenvalue weighted by molar-refractivity contribution is 6.30. The normalized spacial score (nSPS) is 12.1. The Morgan fingerprint density at radius 3 is 2.58 bits per heavy atom. The smallest absolute Gasteiger partial charge is 0.252 e. The van der Waals surface area contributed by atoms with Crippen molar-refractivity contribution in [3.8, 4) is 0 Å². The molecular weight excluding hydrogens is 262 g/mol. The lowest BCUT2D eigenvalue weighted by atomic mass is 10.1. The molecule has 0 aliphatic carbocycles. The number of primary amides is 1. The Morgan fingerprint density at radius 2 is 2.00 bits per heavy atom. The molecule has 0 aliphatic heterocycles. The molecule has 2 rings (SSSR count). The Hall–Kier alpha value is -2.07. The van der Waals surface area contributed by atoms with Crippen molar-refractivity contribution < 1.29 is 4.79 Å². The summed E-state index contributed by atoms with van der Waals surface area (Å²) in [5.74, 6) is -0.651. The number of nitrogens with one attached hydrogen (secondary N) is 1. The van der Waals surface area contributed by atoms with Crippen LogP contribution >= 0.6 is 11.6 Å². The van der Waals surface area contributed by atoms with E-state index in [0.717, 1.165) is 5.56 Å². The molecule has 1 heterocycles. The molecule has 0 saturated heterocycles. The van der Waals surface area contributed by atoms with Crippen molar-refractivity contribution in [1.29, 1.82) is 5.41 Å². The number of aromatic nitrogens is 1. The Morgan fingerprint density at radius 1 is 1.37 bits per heavy atom. The minimum absolute atomic E-state index is 0.0632. The summed E-state index contributed by atoms with van der Waals surface area (Å²) in [7, 11) is 0. The van der Waals surface area contributed by atoms with Crippen LogP contribution in [0.15, 0.2) is 42.6 Å². The van der Waals surface area contributed by atoms with Crippen LogP contribution in [0.1, 0.15) is 28.9 Å². The molecule has 0 aliphatic rings. The summed E-state index contributed by atoms with van der Waals surface area (Å²) < 4.78 is 1.64. The molecule has 19 heavy (non-hydrogen) atoms. The summed E-state index contributed by atoms with van der Waals surface area (Å²) in [6.07, 6.45) is 1.63. The Labute approximate surface area is 116 Å². The predicted octanol–water partition coefficient (Wildman–Crippen LogP) is 2.33. The summed E-state index contributed by atoms with van der Waals surface area (Å²) in [5.41, 5.74) is 6.47. The SMILES string of the molecule is CC(c1ccccc1)n1cc(Cl)cc(C(N)=O)c1=N. The van der Waals surface area contributed by atoms with Gasteiger partial charge in [-0.05, 0) is 18.6 Å². The van der Waals surface area contributed by atoms with Gasteiger partial charge < -0.3 is 10.3 Å². The number of carbonyl (C=O) groups is 1. The van der Waals surface area contributed by atoms with Crippen LogP contribution in [0.3, 0.4) is 0 Å². The molecule has 0 radical (unpaired) electrons. The maximum Gasteiger partial charge on any atom is 0.252 e. The number of rotatable bonds is 3. The Bertz CT molecular complexity index is 664. The van der Waals surface area contributed by atoms with Gasteiger partial charge in [-0.25, -0.2) is 0 Å². The Balaban J connectivity index is 2.57. The van der Waals surface area contributed by atoms with Gasteiger partial charge in [-0.15, -0.1) is 0 Å². The van der Waals surface area contributed by atoms with E-state index in [1.807, 2.05) is 37.3 Å². The highest BCUT2D eigenvalue weighted by Crippen LogP contribution is 2.18. The first-order valence-electron chi connectivity index (χ1n) is 5.81. The van der Waals surface area contributed by atoms with Crippen LogP contribution in [-0.2, 0) is 0 Å². The zero-order valence-electron chi connectivity index (χ0n) is 10.4. The lowest BCUT2D eigenvalue weighted by molar-refractivity contribution is 0.0997. The summed E-state index contributed by atoms with van der Waals surface area (Å²) >= 11 is 5.99. The molecule has 0 saturated carbocycles. The molecule has 3 N–H and O–H groups in total. The lowest BCUT2D eigenvalue weighted by Gasteiger charge is -2.18. The van der Waals surface area contributed by atoms with Gasteiger partial charge in [-0.3, -0.25) is 10.2 Å². The second-order valence-electron chi connectivity index (χ2n) is 4.28. The summed E-state index contributed by atoms with van der Waals surface area (Å²) in [6, 6.07) is 11.0. The minimum Gasteiger partial charge on any atom is -0.365 e. The first-order chi connectivity index (χ1) is 9.00. The predicted molar refractivity (Wildman–Crippen MR) is 74.1 cm³/mol. The van der Waals surface area contributed by atoms with Crippen molar-refractivity contribution in [3.63, 3.8) is 0 Å². The maximum absolute atomic E-state index is 11.3. The van der Waals surface area contributed by atoms with Gasteiger partial charge in [0, 0.05) is 6.20 Å². The van der Waals surface area contributed by atoms with Gasteiger partial charge in [0.05, 0.1) is 16.6 Å². The Kier molecular flexibility index (Phi) is 3.71. The second-order valence-corrected chi connectivity index (χ2v) is 4.72. The maximum atomic E-state index is 11.3. The van der Waals surface area contributed by atoms with Crippen LogP contribution in [0.25, 0.3) is 0 Å². The van der Waals surface area contributed by atoms with Gasteiger partial charge in [0.1, 0.15) is 5.49 Å². The summed E-state index contributed by atoms with van der Waals surface area (Å²) in [6.45, 7) is 1.94. The first kappa shape index (κ1) is 13.4. The van der Waals surface area contributed by atoms with Crippen molar-refractivity contribution in [2.24, 2.45) is 5.73 Å². The molecule has 1 amide bonds. The van der Waals surface area contributed by atoms with Crippen LogP contribution in [0, 0.1) is 5.41 Å². The van der Waals surface area contributed by atoms with E-state index in [9.17, 15) is 4.79 Å². The number of halogens is 1. The molecule has 98 valence electrons. The third kappa shape index (κ3) is 2.69. The molecule has 5 heteroatoms. The van der Waals surface area contributed by atoms with Gasteiger partial charge >= 0.3 is 0 Å². The number of carbonyl (C=O) groups excluding carboxylic acids is 1. The summed E-state index contributed by atoms with van der Waals surface area (Å²) in [4.78, 5) is 11.3. The molecule has 1 unspecified atom stereocenters. The van der Waals surface area contributed by atoms with E-state index in [1.54, 1.807) is 10.8 Å². The van der Waals surface area contributed by atoms with Crippen molar-refractivity contribution >= 4 is 17.5 Å². The molecule has 0 bridgehead atoms. The standard InChI is InChI=1S/C14H14ClN3O/c1-9(10-5-3-2-4-6-10)18-8-11(15)7-12(13(18)16)14(17)19/h2-9,16H,1H3,(H2,17,19). The molecule has 4 nitrogen and oxygen atoms in total. The lowest BCUT2D eigenvalue weighted by Crippen LogP contribution is -2.31. The third-order valence-electron chi connectivity index (χ3n) is 3.02. The molecule has 1 atom stereocenters.